The van der Waals surface area contributed by atoms with E-state index in [9.17, 15) is 9.90 Å². The largest absolute Gasteiger partial charge is 0.507 e. The molecule has 4 heteroatoms. The van der Waals surface area contributed by atoms with Crippen LogP contribution in [-0.4, -0.2) is 16.5 Å². The van der Waals surface area contributed by atoms with Crippen LogP contribution in [0.3, 0.4) is 0 Å². The zero-order chi connectivity index (χ0) is 17.7. The van der Waals surface area contributed by atoms with E-state index >= 15 is 0 Å². The first-order chi connectivity index (χ1) is 12.7. The summed E-state index contributed by atoms with van der Waals surface area (Å²) in [5.74, 6) is 1.74. The van der Waals surface area contributed by atoms with Gasteiger partial charge in [-0.25, -0.2) is 0 Å². The molecule has 0 bridgehead atoms. The third kappa shape index (κ3) is 2.11. The Hall–Kier alpha value is -2.49. The molecule has 1 aliphatic heterocycles. The van der Waals surface area contributed by atoms with Crippen molar-refractivity contribution in [3.05, 3.63) is 59.6 Å². The van der Waals surface area contributed by atoms with Crippen LogP contribution in [0.4, 0.5) is 0 Å². The average molecular weight is 350 g/mol. The first kappa shape index (κ1) is 15.7. The summed E-state index contributed by atoms with van der Waals surface area (Å²) < 4.78 is 12.3. The van der Waals surface area contributed by atoms with Gasteiger partial charge in [0.15, 0.2) is 5.78 Å². The number of rotatable bonds is 1. The highest BCUT2D eigenvalue weighted by Crippen LogP contribution is 2.56. The fourth-order valence-electron chi connectivity index (χ4n) is 5.26. The third-order valence-electron chi connectivity index (χ3n) is 6.33. The summed E-state index contributed by atoms with van der Waals surface area (Å²) in [4.78, 5) is 13.2. The van der Waals surface area contributed by atoms with Crippen LogP contribution >= 0.6 is 0 Å². The SMILES string of the molecule is O=C1C[C@H](c2ccco2)[C@H]2CCCCC[C@]23Oc2ccccc2C(O)=C13. The zero-order valence-corrected chi connectivity index (χ0v) is 14.6. The lowest BCUT2D eigenvalue weighted by atomic mass is 9.61. The Kier molecular flexibility index (Phi) is 3.49. The zero-order valence-electron chi connectivity index (χ0n) is 14.6. The molecule has 0 saturated heterocycles. The second kappa shape index (κ2) is 5.76. The number of hydrogen-bond acceptors (Lipinski definition) is 4. The summed E-state index contributed by atoms with van der Waals surface area (Å²) in [6.07, 6.45) is 6.99. The van der Waals surface area contributed by atoms with Crippen molar-refractivity contribution in [1.82, 2.24) is 0 Å². The highest BCUT2D eigenvalue weighted by atomic mass is 16.5. The van der Waals surface area contributed by atoms with Crippen LogP contribution in [0.2, 0.25) is 0 Å². The highest BCUT2D eigenvalue weighted by Gasteiger charge is 2.58. The molecule has 2 aromatic rings. The lowest BCUT2D eigenvalue weighted by Gasteiger charge is -2.49. The third-order valence-corrected chi connectivity index (χ3v) is 6.33. The second-order valence-corrected chi connectivity index (χ2v) is 7.67. The predicted octanol–water partition coefficient (Wildman–Crippen LogP) is 5.02. The first-order valence-electron chi connectivity index (χ1n) is 9.49. The Bertz CT molecular complexity index is 879. The molecule has 4 nitrogen and oxygen atoms in total. The molecule has 2 saturated carbocycles. The van der Waals surface area contributed by atoms with Crippen LogP contribution in [0.1, 0.15) is 55.8 Å². The van der Waals surface area contributed by atoms with E-state index in [0.717, 1.165) is 37.9 Å². The summed E-state index contributed by atoms with van der Waals surface area (Å²) in [6, 6.07) is 11.3. The van der Waals surface area contributed by atoms with Gasteiger partial charge in [0.05, 0.1) is 17.4 Å². The van der Waals surface area contributed by atoms with Gasteiger partial charge in [-0.1, -0.05) is 25.0 Å². The lowest BCUT2D eigenvalue weighted by molar-refractivity contribution is -0.123. The molecule has 2 fully saturated rings. The molecule has 2 heterocycles. The van der Waals surface area contributed by atoms with Gasteiger partial charge in [-0.2, -0.15) is 0 Å². The van der Waals surface area contributed by atoms with Gasteiger partial charge in [0.2, 0.25) is 0 Å². The standard InChI is InChI=1S/C22H22O4/c23-17-13-15(18-10-6-12-25-18)16-8-2-1-5-11-22(16)20(17)21(24)14-7-3-4-9-19(14)26-22/h3-4,6-7,9-10,12,15-16,24H,1-2,5,8,11,13H2/t15-,16+,22-/m0/s1. The van der Waals surface area contributed by atoms with Gasteiger partial charge in [0, 0.05) is 18.3 Å². The molecule has 5 rings (SSSR count). The number of Topliss-reactive ketones (excluding diaryl/α,β-unsaturated/α-hetero) is 1. The molecular weight excluding hydrogens is 328 g/mol. The van der Waals surface area contributed by atoms with Crippen molar-refractivity contribution in [1.29, 1.82) is 0 Å². The number of para-hydroxylation sites is 1. The molecular formula is C22H22O4. The Labute approximate surface area is 152 Å². The van der Waals surface area contributed by atoms with Crippen molar-refractivity contribution in [3.8, 4) is 5.75 Å². The molecule has 0 unspecified atom stereocenters. The summed E-state index contributed by atoms with van der Waals surface area (Å²) in [6.45, 7) is 0. The van der Waals surface area contributed by atoms with E-state index in [1.54, 1.807) is 6.26 Å². The van der Waals surface area contributed by atoms with Crippen molar-refractivity contribution >= 4 is 11.5 Å². The molecule has 0 amide bonds. The van der Waals surface area contributed by atoms with Crippen LogP contribution < -0.4 is 4.74 Å². The maximum absolute atomic E-state index is 13.2. The molecule has 2 aliphatic carbocycles. The van der Waals surface area contributed by atoms with Gasteiger partial charge >= 0.3 is 0 Å². The van der Waals surface area contributed by atoms with Crippen molar-refractivity contribution in [2.24, 2.45) is 5.92 Å². The summed E-state index contributed by atoms with van der Waals surface area (Å²) in [5.41, 5.74) is 0.369. The summed E-state index contributed by atoms with van der Waals surface area (Å²) in [5, 5.41) is 11.0. The normalized spacial score (nSPS) is 30.7. The predicted molar refractivity (Wildman–Crippen MR) is 97.0 cm³/mol. The van der Waals surface area contributed by atoms with Crippen molar-refractivity contribution < 1.29 is 19.1 Å². The van der Waals surface area contributed by atoms with Crippen molar-refractivity contribution in [2.75, 3.05) is 0 Å². The number of ether oxygens (including phenoxy) is 1. The summed E-state index contributed by atoms with van der Waals surface area (Å²) >= 11 is 0. The number of ketones is 1. The van der Waals surface area contributed by atoms with E-state index in [-0.39, 0.29) is 23.4 Å². The maximum Gasteiger partial charge on any atom is 0.167 e. The second-order valence-electron chi connectivity index (χ2n) is 7.67. The van der Waals surface area contributed by atoms with E-state index in [1.165, 1.54) is 0 Å². The maximum atomic E-state index is 13.2. The fraction of sp³-hybridized carbons (Fsp3) is 0.409. The van der Waals surface area contributed by atoms with Gasteiger partial charge < -0.3 is 14.3 Å². The van der Waals surface area contributed by atoms with Crippen molar-refractivity contribution in [2.45, 2.75) is 50.0 Å². The number of benzene rings is 1. The van der Waals surface area contributed by atoms with E-state index in [1.807, 2.05) is 36.4 Å². The molecule has 1 aromatic heterocycles. The molecule has 134 valence electrons. The van der Waals surface area contributed by atoms with E-state index in [4.69, 9.17) is 9.15 Å². The van der Waals surface area contributed by atoms with Crippen LogP contribution in [0.25, 0.3) is 5.76 Å². The van der Waals surface area contributed by atoms with Gasteiger partial charge in [-0.05, 0) is 43.5 Å². The molecule has 26 heavy (non-hydrogen) atoms. The average Bonchev–Trinajstić information content (AvgIpc) is 3.09. The van der Waals surface area contributed by atoms with E-state index < -0.39 is 5.60 Å². The number of aliphatic hydroxyl groups excluding tert-OH is 1. The van der Waals surface area contributed by atoms with E-state index in [2.05, 4.69) is 0 Å². The van der Waals surface area contributed by atoms with Crippen LogP contribution in [-0.2, 0) is 4.79 Å². The fourth-order valence-corrected chi connectivity index (χ4v) is 5.26. The first-order valence-corrected chi connectivity index (χ1v) is 9.49. The number of aliphatic hydroxyl groups is 1. The molecule has 1 spiro atoms. The number of carbonyl (C=O) groups excluding carboxylic acids is 1. The molecule has 3 atom stereocenters. The quantitative estimate of drug-likeness (QED) is 0.785. The van der Waals surface area contributed by atoms with Crippen LogP contribution in [0.5, 0.6) is 5.75 Å². The number of fused-ring (bicyclic) bond motifs is 1. The smallest absolute Gasteiger partial charge is 0.167 e. The van der Waals surface area contributed by atoms with Crippen molar-refractivity contribution in [3.63, 3.8) is 0 Å². The Morgan fingerprint density at radius 1 is 1.08 bits per heavy atom. The Morgan fingerprint density at radius 2 is 1.96 bits per heavy atom. The topological polar surface area (TPSA) is 59.7 Å². The highest BCUT2D eigenvalue weighted by molar-refractivity contribution is 6.05. The van der Waals surface area contributed by atoms with Crippen LogP contribution in [0, 0.1) is 5.92 Å². The molecule has 0 radical (unpaired) electrons. The number of furan rings is 1. The minimum Gasteiger partial charge on any atom is -0.507 e. The van der Waals surface area contributed by atoms with Crippen LogP contribution in [0.15, 0.2) is 52.7 Å². The monoisotopic (exact) mass is 350 g/mol. The van der Waals surface area contributed by atoms with Gasteiger partial charge in [-0.15, -0.1) is 0 Å². The minimum atomic E-state index is -0.748. The van der Waals surface area contributed by atoms with Gasteiger partial charge in [0.25, 0.3) is 0 Å². The molecule has 1 aromatic carbocycles. The van der Waals surface area contributed by atoms with Gasteiger partial charge in [0.1, 0.15) is 22.9 Å². The Balaban J connectivity index is 1.72. The van der Waals surface area contributed by atoms with Gasteiger partial charge in [-0.3, -0.25) is 4.79 Å². The summed E-state index contributed by atoms with van der Waals surface area (Å²) in [7, 11) is 0. The lowest BCUT2D eigenvalue weighted by Crippen LogP contribution is -2.55. The number of hydrogen-bond donors (Lipinski definition) is 1. The van der Waals surface area contributed by atoms with E-state index in [0.29, 0.717) is 23.3 Å². The molecule has 1 N–H and O–H groups in total. The minimum absolute atomic E-state index is 0.00240. The Morgan fingerprint density at radius 3 is 2.81 bits per heavy atom. The molecule has 3 aliphatic rings. The number of carbonyl (C=O) groups is 1.